The number of aryl methyl sites for hydroxylation is 1. The number of thioether (sulfide) groups is 1. The monoisotopic (exact) mass is 415 g/mol. The largest absolute Gasteiger partial charge is 0.340 e. The highest BCUT2D eigenvalue weighted by Gasteiger charge is 2.23. The Kier molecular flexibility index (Phi) is 5.91. The first-order chi connectivity index (χ1) is 14.5. The fourth-order valence-corrected chi connectivity index (χ4v) is 4.54. The van der Waals surface area contributed by atoms with Crippen molar-refractivity contribution < 1.29 is 4.79 Å². The van der Waals surface area contributed by atoms with Gasteiger partial charge in [0.15, 0.2) is 5.16 Å². The van der Waals surface area contributed by atoms with E-state index in [0.717, 1.165) is 27.4 Å². The Labute approximate surface area is 181 Å². The van der Waals surface area contributed by atoms with E-state index in [0.29, 0.717) is 6.54 Å². The zero-order valence-corrected chi connectivity index (χ0v) is 18.3. The Morgan fingerprint density at radius 2 is 1.67 bits per heavy atom. The molecule has 0 aliphatic rings. The van der Waals surface area contributed by atoms with E-state index in [-0.39, 0.29) is 11.2 Å². The lowest BCUT2D eigenvalue weighted by Crippen LogP contribution is -2.32. The highest BCUT2D eigenvalue weighted by molar-refractivity contribution is 8.00. The fourth-order valence-electron chi connectivity index (χ4n) is 3.48. The quantitative estimate of drug-likeness (QED) is 0.392. The van der Waals surface area contributed by atoms with Crippen LogP contribution < -0.4 is 0 Å². The third kappa shape index (κ3) is 4.26. The van der Waals surface area contributed by atoms with Crippen molar-refractivity contribution in [3.05, 3.63) is 90.0 Å². The summed E-state index contributed by atoms with van der Waals surface area (Å²) in [4.78, 5) is 19.6. The van der Waals surface area contributed by atoms with Crippen molar-refractivity contribution >= 4 is 28.7 Å². The van der Waals surface area contributed by atoms with Gasteiger partial charge in [-0.1, -0.05) is 71.9 Å². The molecule has 5 heteroatoms. The van der Waals surface area contributed by atoms with Crippen molar-refractivity contribution in [2.75, 3.05) is 7.05 Å². The van der Waals surface area contributed by atoms with E-state index in [4.69, 9.17) is 4.98 Å². The molecular formula is C25H25N3OS. The van der Waals surface area contributed by atoms with Crippen LogP contribution in [-0.2, 0) is 11.3 Å². The zero-order valence-electron chi connectivity index (χ0n) is 17.4. The molecule has 3 aromatic carbocycles. The number of benzene rings is 3. The highest BCUT2D eigenvalue weighted by atomic mass is 32.2. The summed E-state index contributed by atoms with van der Waals surface area (Å²) >= 11 is 1.50. The van der Waals surface area contributed by atoms with Gasteiger partial charge in [0.2, 0.25) is 5.91 Å². The lowest BCUT2D eigenvalue weighted by Gasteiger charge is -2.21. The molecule has 0 N–H and O–H groups in total. The number of nitrogens with zero attached hydrogens (tertiary/aromatic N) is 3. The molecule has 1 heterocycles. The van der Waals surface area contributed by atoms with Gasteiger partial charge >= 0.3 is 0 Å². The van der Waals surface area contributed by atoms with E-state index in [1.165, 1.54) is 17.3 Å². The third-order valence-corrected chi connectivity index (χ3v) is 6.13. The average molecular weight is 416 g/mol. The molecule has 0 bridgehead atoms. The molecule has 0 aliphatic heterocycles. The van der Waals surface area contributed by atoms with Crippen LogP contribution in [-0.4, -0.2) is 32.7 Å². The Balaban J connectivity index is 1.60. The van der Waals surface area contributed by atoms with E-state index in [9.17, 15) is 4.79 Å². The second-order valence-corrected chi connectivity index (χ2v) is 8.80. The minimum atomic E-state index is -0.250. The second kappa shape index (κ2) is 8.76. The minimum Gasteiger partial charge on any atom is -0.340 e. The van der Waals surface area contributed by atoms with Gasteiger partial charge in [0.1, 0.15) is 0 Å². The average Bonchev–Trinajstić information content (AvgIpc) is 3.12. The zero-order chi connectivity index (χ0) is 21.1. The third-order valence-electron chi connectivity index (χ3n) is 5.09. The number of hydrogen-bond donors (Lipinski definition) is 0. The Bertz CT molecular complexity index is 1150. The van der Waals surface area contributed by atoms with Gasteiger partial charge in [-0.25, -0.2) is 4.98 Å². The van der Waals surface area contributed by atoms with Crippen molar-refractivity contribution in [3.63, 3.8) is 0 Å². The normalized spacial score (nSPS) is 12.1. The van der Waals surface area contributed by atoms with E-state index in [1.54, 1.807) is 4.90 Å². The SMILES string of the molecule is Cc1ccc(-n2c(S[C@@H](C)C(=O)N(C)Cc3ccccc3)nc3ccccc32)cc1. The second-order valence-electron chi connectivity index (χ2n) is 7.49. The van der Waals surface area contributed by atoms with Gasteiger partial charge in [0.05, 0.1) is 16.3 Å². The number of hydrogen-bond acceptors (Lipinski definition) is 3. The topological polar surface area (TPSA) is 38.1 Å². The summed E-state index contributed by atoms with van der Waals surface area (Å²) in [5, 5.41) is 0.578. The number of para-hydroxylation sites is 2. The van der Waals surface area contributed by atoms with E-state index in [2.05, 4.69) is 41.8 Å². The molecule has 1 aromatic heterocycles. The van der Waals surface area contributed by atoms with E-state index < -0.39 is 0 Å². The lowest BCUT2D eigenvalue weighted by atomic mass is 10.2. The standard InChI is InChI=1S/C25H25N3OS/c1-18-13-15-21(16-14-18)28-23-12-8-7-11-22(23)26-25(28)30-19(2)24(29)27(3)17-20-9-5-4-6-10-20/h4-16,19H,17H2,1-3H3/t19-/m0/s1. The highest BCUT2D eigenvalue weighted by Crippen LogP contribution is 2.31. The van der Waals surface area contributed by atoms with Gasteiger partial charge in [-0.05, 0) is 43.7 Å². The minimum absolute atomic E-state index is 0.0892. The predicted molar refractivity (Wildman–Crippen MR) is 124 cm³/mol. The molecule has 1 amide bonds. The maximum atomic E-state index is 13.0. The lowest BCUT2D eigenvalue weighted by molar-refractivity contribution is -0.129. The van der Waals surface area contributed by atoms with Crippen LogP contribution in [0.1, 0.15) is 18.1 Å². The smallest absolute Gasteiger partial charge is 0.235 e. The van der Waals surface area contributed by atoms with Gasteiger partial charge < -0.3 is 4.90 Å². The van der Waals surface area contributed by atoms with Gasteiger partial charge in [-0.2, -0.15) is 0 Å². The van der Waals surface area contributed by atoms with Crippen molar-refractivity contribution in [2.45, 2.75) is 30.8 Å². The first-order valence-corrected chi connectivity index (χ1v) is 10.9. The molecule has 4 aromatic rings. The Morgan fingerprint density at radius 3 is 2.40 bits per heavy atom. The van der Waals surface area contributed by atoms with Crippen LogP contribution >= 0.6 is 11.8 Å². The van der Waals surface area contributed by atoms with Crippen LogP contribution in [0.2, 0.25) is 0 Å². The Hall–Kier alpha value is -3.05. The summed E-state index contributed by atoms with van der Waals surface area (Å²) in [5.74, 6) is 0.0892. The molecule has 0 fully saturated rings. The molecule has 4 nitrogen and oxygen atoms in total. The predicted octanol–water partition coefficient (Wildman–Crippen LogP) is 5.47. The maximum Gasteiger partial charge on any atom is 0.235 e. The Morgan fingerprint density at radius 1 is 1.00 bits per heavy atom. The van der Waals surface area contributed by atoms with Gasteiger partial charge in [-0.3, -0.25) is 9.36 Å². The molecular weight excluding hydrogens is 390 g/mol. The molecule has 0 radical (unpaired) electrons. The number of fused-ring (bicyclic) bond motifs is 1. The molecule has 4 rings (SSSR count). The molecule has 30 heavy (non-hydrogen) atoms. The number of rotatable bonds is 6. The summed E-state index contributed by atoms with van der Waals surface area (Å²) in [6.07, 6.45) is 0. The van der Waals surface area contributed by atoms with E-state index >= 15 is 0 Å². The van der Waals surface area contributed by atoms with Crippen LogP contribution in [0.25, 0.3) is 16.7 Å². The van der Waals surface area contributed by atoms with Crippen molar-refractivity contribution in [3.8, 4) is 5.69 Å². The molecule has 152 valence electrons. The molecule has 0 spiro atoms. The van der Waals surface area contributed by atoms with Crippen LogP contribution in [0.15, 0.2) is 84.0 Å². The van der Waals surface area contributed by atoms with Crippen LogP contribution in [0, 0.1) is 6.92 Å². The summed E-state index contributed by atoms with van der Waals surface area (Å²) in [7, 11) is 1.86. The summed E-state index contributed by atoms with van der Waals surface area (Å²) < 4.78 is 2.14. The fraction of sp³-hybridized carbons (Fsp3) is 0.200. The summed E-state index contributed by atoms with van der Waals surface area (Å²) in [6.45, 7) is 4.63. The molecule has 0 aliphatic carbocycles. The number of aromatic nitrogens is 2. The molecule has 0 saturated heterocycles. The maximum absolute atomic E-state index is 13.0. The number of amides is 1. The summed E-state index contributed by atoms with van der Waals surface area (Å²) in [6, 6.07) is 26.5. The number of imidazole rings is 1. The van der Waals surface area contributed by atoms with Gasteiger partial charge in [0.25, 0.3) is 0 Å². The molecule has 1 atom stereocenters. The van der Waals surface area contributed by atoms with Crippen LogP contribution in [0.3, 0.4) is 0 Å². The number of carbonyl (C=O) groups is 1. The summed E-state index contributed by atoms with van der Waals surface area (Å²) in [5.41, 5.74) is 5.36. The molecule has 0 saturated carbocycles. The van der Waals surface area contributed by atoms with Crippen molar-refractivity contribution in [1.29, 1.82) is 0 Å². The molecule has 0 unspecified atom stereocenters. The van der Waals surface area contributed by atoms with Crippen LogP contribution in [0.5, 0.6) is 0 Å². The van der Waals surface area contributed by atoms with Crippen molar-refractivity contribution in [1.82, 2.24) is 14.5 Å². The van der Waals surface area contributed by atoms with Crippen LogP contribution in [0.4, 0.5) is 0 Å². The number of carbonyl (C=O) groups excluding carboxylic acids is 1. The van der Waals surface area contributed by atoms with Gasteiger partial charge in [-0.15, -0.1) is 0 Å². The van der Waals surface area contributed by atoms with Gasteiger partial charge in [0, 0.05) is 19.3 Å². The van der Waals surface area contributed by atoms with Crippen molar-refractivity contribution in [2.24, 2.45) is 0 Å². The first kappa shape index (κ1) is 20.2. The first-order valence-electron chi connectivity index (χ1n) is 10.0. The van der Waals surface area contributed by atoms with E-state index in [1.807, 2.05) is 62.5 Å².